The highest BCUT2D eigenvalue weighted by atomic mass is 16.4. The smallest absolute Gasteiger partial charge is 0.188 e. The van der Waals surface area contributed by atoms with Gasteiger partial charge in [0.1, 0.15) is 5.69 Å². The Balaban J connectivity index is 2.79. The van der Waals surface area contributed by atoms with E-state index in [4.69, 9.17) is 10.9 Å². The van der Waals surface area contributed by atoms with Gasteiger partial charge in [-0.3, -0.25) is 4.98 Å². The van der Waals surface area contributed by atoms with Crippen LogP contribution in [-0.4, -0.2) is 54.7 Å². The summed E-state index contributed by atoms with van der Waals surface area (Å²) in [6.07, 6.45) is 2.84. The van der Waals surface area contributed by atoms with Gasteiger partial charge in [-0.1, -0.05) is 12.1 Å². The average Bonchev–Trinajstić information content (AvgIpc) is 2.42. The van der Waals surface area contributed by atoms with Crippen molar-refractivity contribution in [2.75, 3.05) is 38.6 Å². The molecule has 0 unspecified atom stereocenters. The predicted octanol–water partition coefficient (Wildman–Crippen LogP) is 0.954. The Hall–Kier alpha value is -1.82. The van der Waals surface area contributed by atoms with E-state index in [-0.39, 0.29) is 5.84 Å². The molecule has 6 heteroatoms. The van der Waals surface area contributed by atoms with Gasteiger partial charge >= 0.3 is 0 Å². The number of hydrogen-bond donors (Lipinski definition) is 2. The van der Waals surface area contributed by atoms with Crippen molar-refractivity contribution < 1.29 is 5.21 Å². The van der Waals surface area contributed by atoms with Gasteiger partial charge in [0, 0.05) is 19.6 Å². The molecule has 0 saturated heterocycles. The minimum atomic E-state index is 0.0295. The Labute approximate surface area is 114 Å². The molecule has 0 fully saturated rings. The summed E-state index contributed by atoms with van der Waals surface area (Å²) in [4.78, 5) is 8.64. The van der Waals surface area contributed by atoms with Crippen molar-refractivity contribution in [1.82, 2.24) is 9.88 Å². The predicted molar refractivity (Wildman–Crippen MR) is 77.8 cm³/mol. The van der Waals surface area contributed by atoms with Crippen molar-refractivity contribution in [3.05, 3.63) is 24.0 Å². The van der Waals surface area contributed by atoms with E-state index >= 15 is 0 Å². The molecule has 106 valence electrons. The van der Waals surface area contributed by atoms with Crippen LogP contribution in [0.3, 0.4) is 0 Å². The second kappa shape index (κ2) is 7.58. The topological polar surface area (TPSA) is 78.0 Å². The Bertz CT molecular complexity index is 402. The van der Waals surface area contributed by atoms with E-state index in [0.717, 1.165) is 31.7 Å². The maximum atomic E-state index is 8.60. The van der Waals surface area contributed by atoms with E-state index in [1.54, 1.807) is 12.3 Å². The summed E-state index contributed by atoms with van der Waals surface area (Å²) in [5.74, 6) is 0.0295. The Morgan fingerprint density at radius 2 is 2.05 bits per heavy atom. The molecule has 1 heterocycles. The summed E-state index contributed by atoms with van der Waals surface area (Å²) in [6.45, 7) is 5.08. The van der Waals surface area contributed by atoms with Crippen LogP contribution in [0.2, 0.25) is 0 Å². The van der Waals surface area contributed by atoms with Crippen molar-refractivity contribution in [2.24, 2.45) is 10.9 Å². The van der Waals surface area contributed by atoms with Crippen LogP contribution in [0.5, 0.6) is 0 Å². The van der Waals surface area contributed by atoms with Gasteiger partial charge in [-0.2, -0.15) is 0 Å². The quantitative estimate of drug-likeness (QED) is 0.332. The molecule has 0 radical (unpaired) electrons. The summed E-state index contributed by atoms with van der Waals surface area (Å²) < 4.78 is 0. The third kappa shape index (κ3) is 4.75. The Morgan fingerprint density at radius 3 is 2.53 bits per heavy atom. The van der Waals surface area contributed by atoms with Crippen molar-refractivity contribution in [3.63, 3.8) is 0 Å². The van der Waals surface area contributed by atoms with E-state index in [2.05, 4.69) is 41.0 Å². The summed E-state index contributed by atoms with van der Waals surface area (Å²) in [5.41, 5.74) is 7.03. The molecule has 0 aliphatic rings. The molecule has 0 amide bonds. The van der Waals surface area contributed by atoms with Gasteiger partial charge in [0.15, 0.2) is 5.84 Å². The molecular weight excluding hydrogens is 242 g/mol. The number of hydrogen-bond acceptors (Lipinski definition) is 5. The van der Waals surface area contributed by atoms with E-state index in [9.17, 15) is 0 Å². The van der Waals surface area contributed by atoms with Crippen LogP contribution >= 0.6 is 0 Å². The lowest BCUT2D eigenvalue weighted by atomic mass is 10.2. The molecule has 0 aromatic carbocycles. The van der Waals surface area contributed by atoms with E-state index in [0.29, 0.717) is 5.69 Å². The highest BCUT2D eigenvalue weighted by Crippen LogP contribution is 2.13. The van der Waals surface area contributed by atoms with Crippen molar-refractivity contribution in [3.8, 4) is 0 Å². The van der Waals surface area contributed by atoms with E-state index < -0.39 is 0 Å². The van der Waals surface area contributed by atoms with Gasteiger partial charge in [-0.25, -0.2) is 0 Å². The molecule has 0 aliphatic carbocycles. The number of likely N-dealkylation sites (N-methyl/N-ethyl adjacent to an activating group) is 1. The standard InChI is InChI=1S/C13H23N5O/c1-4-7-18(9-8-17(2)3)11-5-6-12(15-10-11)13(14)16-19/h5-6,10,19H,4,7-9H2,1-3H3,(H2,14,16). The zero-order chi connectivity index (χ0) is 14.3. The van der Waals surface area contributed by atoms with Gasteiger partial charge in [-0.15, -0.1) is 0 Å². The summed E-state index contributed by atoms with van der Waals surface area (Å²) in [5, 5.41) is 11.5. The molecule has 0 bridgehead atoms. The van der Waals surface area contributed by atoms with Crippen molar-refractivity contribution >= 4 is 11.5 Å². The Kier molecular flexibility index (Phi) is 6.08. The first kappa shape index (κ1) is 15.2. The molecule has 0 atom stereocenters. The van der Waals surface area contributed by atoms with Gasteiger partial charge in [0.05, 0.1) is 11.9 Å². The lowest BCUT2D eigenvalue weighted by Gasteiger charge is -2.25. The number of nitrogens with zero attached hydrogens (tertiary/aromatic N) is 4. The van der Waals surface area contributed by atoms with Crippen LogP contribution in [-0.2, 0) is 0 Å². The molecule has 1 aromatic rings. The fraction of sp³-hybridized carbons (Fsp3) is 0.538. The van der Waals surface area contributed by atoms with Gasteiger partial charge < -0.3 is 20.7 Å². The minimum absolute atomic E-state index is 0.0295. The highest BCUT2D eigenvalue weighted by molar-refractivity contribution is 5.95. The minimum Gasteiger partial charge on any atom is -0.409 e. The number of amidine groups is 1. The summed E-state index contributed by atoms with van der Waals surface area (Å²) >= 11 is 0. The molecule has 1 aromatic heterocycles. The maximum absolute atomic E-state index is 8.60. The fourth-order valence-corrected chi connectivity index (χ4v) is 1.74. The van der Waals surface area contributed by atoms with Crippen molar-refractivity contribution in [2.45, 2.75) is 13.3 Å². The molecule has 0 spiro atoms. The third-order valence-corrected chi connectivity index (χ3v) is 2.79. The van der Waals surface area contributed by atoms with Crippen LogP contribution in [0.1, 0.15) is 19.0 Å². The normalized spacial score (nSPS) is 11.9. The van der Waals surface area contributed by atoms with Crippen LogP contribution in [0, 0.1) is 0 Å². The fourth-order valence-electron chi connectivity index (χ4n) is 1.74. The summed E-state index contributed by atoms with van der Waals surface area (Å²) in [6, 6.07) is 3.72. The molecule has 19 heavy (non-hydrogen) atoms. The number of anilines is 1. The lowest BCUT2D eigenvalue weighted by molar-refractivity contribution is 0.318. The lowest BCUT2D eigenvalue weighted by Crippen LogP contribution is -2.32. The third-order valence-electron chi connectivity index (χ3n) is 2.79. The van der Waals surface area contributed by atoms with E-state index in [1.165, 1.54) is 0 Å². The zero-order valence-electron chi connectivity index (χ0n) is 11.9. The first-order chi connectivity index (χ1) is 9.08. The van der Waals surface area contributed by atoms with Crippen LogP contribution in [0.25, 0.3) is 0 Å². The second-order valence-electron chi connectivity index (χ2n) is 4.68. The first-order valence-electron chi connectivity index (χ1n) is 6.42. The number of pyridine rings is 1. The monoisotopic (exact) mass is 265 g/mol. The molecular formula is C13H23N5O. The van der Waals surface area contributed by atoms with Crippen molar-refractivity contribution in [1.29, 1.82) is 0 Å². The Morgan fingerprint density at radius 1 is 1.32 bits per heavy atom. The highest BCUT2D eigenvalue weighted by Gasteiger charge is 2.08. The first-order valence-corrected chi connectivity index (χ1v) is 6.42. The number of aromatic nitrogens is 1. The van der Waals surface area contributed by atoms with Crippen LogP contribution in [0.4, 0.5) is 5.69 Å². The molecule has 6 nitrogen and oxygen atoms in total. The summed E-state index contributed by atoms with van der Waals surface area (Å²) in [7, 11) is 4.12. The van der Waals surface area contributed by atoms with Gasteiger partial charge in [-0.05, 0) is 32.6 Å². The molecule has 0 aliphatic heterocycles. The van der Waals surface area contributed by atoms with E-state index in [1.807, 2.05) is 6.07 Å². The van der Waals surface area contributed by atoms with Crippen LogP contribution < -0.4 is 10.6 Å². The number of oxime groups is 1. The van der Waals surface area contributed by atoms with Crippen LogP contribution in [0.15, 0.2) is 23.5 Å². The zero-order valence-corrected chi connectivity index (χ0v) is 11.9. The number of rotatable bonds is 7. The average molecular weight is 265 g/mol. The SMILES string of the molecule is CCCN(CCN(C)C)c1ccc(/C(N)=N/O)nc1. The molecule has 0 saturated carbocycles. The molecule has 3 N–H and O–H groups in total. The number of nitrogens with two attached hydrogens (primary N) is 1. The maximum Gasteiger partial charge on any atom is 0.188 e. The second-order valence-corrected chi connectivity index (χ2v) is 4.68. The van der Waals surface area contributed by atoms with Gasteiger partial charge in [0.2, 0.25) is 0 Å². The van der Waals surface area contributed by atoms with Gasteiger partial charge in [0.25, 0.3) is 0 Å². The largest absolute Gasteiger partial charge is 0.409 e. The molecule has 1 rings (SSSR count).